The van der Waals surface area contributed by atoms with Crippen LogP contribution >= 0.6 is 11.6 Å². The van der Waals surface area contributed by atoms with Crippen LogP contribution in [-0.2, 0) is 11.8 Å². The van der Waals surface area contributed by atoms with Crippen molar-refractivity contribution in [1.82, 2.24) is 14.5 Å². The Kier molecular flexibility index (Phi) is 2.76. The first kappa shape index (κ1) is 11.6. The molecule has 18 heavy (non-hydrogen) atoms. The Morgan fingerprint density at radius 1 is 1.33 bits per heavy atom. The van der Waals surface area contributed by atoms with E-state index in [9.17, 15) is 5.11 Å². The molecule has 0 bridgehead atoms. The van der Waals surface area contributed by atoms with Gasteiger partial charge >= 0.3 is 0 Å². The minimum atomic E-state index is 0.149. The zero-order valence-electron chi connectivity index (χ0n) is 9.93. The summed E-state index contributed by atoms with van der Waals surface area (Å²) in [6, 6.07) is 1.59. The summed E-state index contributed by atoms with van der Waals surface area (Å²) in [5, 5.41) is 9.96. The third-order valence-corrected chi connectivity index (χ3v) is 3.29. The van der Waals surface area contributed by atoms with Crippen LogP contribution in [-0.4, -0.2) is 45.9 Å². The third kappa shape index (κ3) is 1.77. The molecule has 0 atom stereocenters. The molecule has 1 aliphatic heterocycles. The SMILES string of the molecule is Cn1c(O)cc2nc(Cl)nc(N3CCOCC3)c21. The van der Waals surface area contributed by atoms with E-state index in [0.29, 0.717) is 18.7 Å². The molecule has 7 heteroatoms. The average Bonchev–Trinajstić information content (AvgIpc) is 2.65. The fraction of sp³-hybridized carbons (Fsp3) is 0.455. The number of fused-ring (bicyclic) bond motifs is 1. The molecule has 3 rings (SSSR count). The summed E-state index contributed by atoms with van der Waals surface area (Å²) in [5.74, 6) is 0.896. The van der Waals surface area contributed by atoms with E-state index in [2.05, 4.69) is 14.9 Å². The molecule has 0 aromatic carbocycles. The van der Waals surface area contributed by atoms with E-state index in [-0.39, 0.29) is 11.2 Å². The molecular formula is C11H13ClN4O2. The van der Waals surface area contributed by atoms with Crippen LogP contribution in [0.2, 0.25) is 5.28 Å². The summed E-state index contributed by atoms with van der Waals surface area (Å²) in [5.41, 5.74) is 1.44. The predicted octanol–water partition coefficient (Wildman–Crippen LogP) is 1.16. The molecule has 2 aromatic heterocycles. The van der Waals surface area contributed by atoms with Gasteiger partial charge in [-0.2, -0.15) is 4.98 Å². The highest BCUT2D eigenvalue weighted by molar-refractivity contribution is 6.28. The fourth-order valence-corrected chi connectivity index (χ4v) is 2.36. The summed E-state index contributed by atoms with van der Waals surface area (Å²) in [7, 11) is 1.78. The number of aromatic nitrogens is 3. The van der Waals surface area contributed by atoms with Crippen molar-refractivity contribution in [1.29, 1.82) is 0 Å². The van der Waals surface area contributed by atoms with Gasteiger partial charge in [-0.15, -0.1) is 0 Å². The zero-order valence-corrected chi connectivity index (χ0v) is 10.7. The zero-order chi connectivity index (χ0) is 12.7. The Labute approximate surface area is 109 Å². The molecule has 96 valence electrons. The summed E-state index contributed by atoms with van der Waals surface area (Å²) in [4.78, 5) is 10.5. The molecule has 0 aliphatic carbocycles. The van der Waals surface area contributed by atoms with Gasteiger partial charge in [0.05, 0.1) is 18.7 Å². The van der Waals surface area contributed by atoms with E-state index < -0.39 is 0 Å². The lowest BCUT2D eigenvalue weighted by atomic mass is 10.3. The van der Waals surface area contributed by atoms with Crippen molar-refractivity contribution >= 4 is 28.5 Å². The minimum absolute atomic E-state index is 0.149. The van der Waals surface area contributed by atoms with Crippen LogP contribution in [0.1, 0.15) is 0 Å². The molecule has 6 nitrogen and oxygen atoms in total. The molecule has 0 saturated carbocycles. The largest absolute Gasteiger partial charge is 0.494 e. The predicted molar refractivity (Wildman–Crippen MR) is 68.2 cm³/mol. The van der Waals surface area contributed by atoms with Gasteiger partial charge in [-0.05, 0) is 11.6 Å². The van der Waals surface area contributed by atoms with Gasteiger partial charge in [0.1, 0.15) is 5.52 Å². The van der Waals surface area contributed by atoms with Crippen LogP contribution in [0.15, 0.2) is 6.07 Å². The second-order valence-electron chi connectivity index (χ2n) is 4.21. The first-order chi connectivity index (χ1) is 8.66. The quantitative estimate of drug-likeness (QED) is 0.787. The Hall–Kier alpha value is -1.53. The van der Waals surface area contributed by atoms with Gasteiger partial charge in [0, 0.05) is 26.2 Å². The molecule has 3 heterocycles. The lowest BCUT2D eigenvalue weighted by molar-refractivity contribution is 0.122. The van der Waals surface area contributed by atoms with Gasteiger partial charge < -0.3 is 19.3 Å². The fourth-order valence-electron chi connectivity index (χ4n) is 2.18. The topological polar surface area (TPSA) is 63.4 Å². The van der Waals surface area contributed by atoms with Crippen molar-refractivity contribution in [2.75, 3.05) is 31.2 Å². The van der Waals surface area contributed by atoms with Crippen molar-refractivity contribution in [2.45, 2.75) is 0 Å². The molecule has 0 amide bonds. The van der Waals surface area contributed by atoms with Gasteiger partial charge in [0.15, 0.2) is 11.7 Å². The van der Waals surface area contributed by atoms with Crippen molar-refractivity contribution in [3.05, 3.63) is 11.3 Å². The van der Waals surface area contributed by atoms with Gasteiger partial charge in [0.25, 0.3) is 0 Å². The molecule has 0 radical (unpaired) electrons. The molecule has 1 N–H and O–H groups in total. The smallest absolute Gasteiger partial charge is 0.225 e. The van der Waals surface area contributed by atoms with E-state index in [1.165, 1.54) is 0 Å². The van der Waals surface area contributed by atoms with E-state index in [0.717, 1.165) is 24.4 Å². The van der Waals surface area contributed by atoms with E-state index >= 15 is 0 Å². The summed E-state index contributed by atoms with van der Waals surface area (Å²) in [6.07, 6.45) is 0. The number of ether oxygens (including phenoxy) is 1. The Balaban J connectivity index is 2.19. The summed E-state index contributed by atoms with van der Waals surface area (Å²) in [6.45, 7) is 2.85. The number of morpholine rings is 1. The van der Waals surface area contributed by atoms with Crippen molar-refractivity contribution in [3.8, 4) is 5.88 Å². The van der Waals surface area contributed by atoms with Crippen LogP contribution < -0.4 is 4.90 Å². The van der Waals surface area contributed by atoms with Crippen LogP contribution in [0.25, 0.3) is 11.0 Å². The molecule has 1 fully saturated rings. The van der Waals surface area contributed by atoms with Crippen LogP contribution in [0.5, 0.6) is 5.88 Å². The molecule has 2 aromatic rings. The van der Waals surface area contributed by atoms with E-state index in [4.69, 9.17) is 16.3 Å². The number of anilines is 1. The third-order valence-electron chi connectivity index (χ3n) is 3.12. The lowest BCUT2D eigenvalue weighted by Gasteiger charge is -2.28. The van der Waals surface area contributed by atoms with Crippen LogP contribution in [0, 0.1) is 0 Å². The summed E-state index contributed by atoms with van der Waals surface area (Å²) < 4.78 is 6.99. The molecule has 0 unspecified atom stereocenters. The van der Waals surface area contributed by atoms with Gasteiger partial charge in [-0.1, -0.05) is 0 Å². The van der Waals surface area contributed by atoms with Gasteiger partial charge in [-0.3, -0.25) is 0 Å². The number of aromatic hydroxyl groups is 1. The van der Waals surface area contributed by atoms with Gasteiger partial charge in [0.2, 0.25) is 5.28 Å². The number of halogens is 1. The Bertz CT molecular complexity index is 592. The monoisotopic (exact) mass is 268 g/mol. The number of aryl methyl sites for hydroxylation is 1. The second kappa shape index (κ2) is 4.29. The van der Waals surface area contributed by atoms with Crippen LogP contribution in [0.3, 0.4) is 0 Å². The lowest BCUT2D eigenvalue weighted by Crippen LogP contribution is -2.37. The number of nitrogens with zero attached hydrogens (tertiary/aromatic N) is 4. The molecular weight excluding hydrogens is 256 g/mol. The molecule has 1 saturated heterocycles. The molecule has 1 aliphatic rings. The first-order valence-electron chi connectivity index (χ1n) is 5.71. The highest BCUT2D eigenvalue weighted by Gasteiger charge is 2.20. The Morgan fingerprint density at radius 3 is 2.78 bits per heavy atom. The van der Waals surface area contributed by atoms with Crippen LogP contribution in [0.4, 0.5) is 5.82 Å². The number of hydrogen-bond donors (Lipinski definition) is 1. The average molecular weight is 269 g/mol. The van der Waals surface area contributed by atoms with Crippen molar-refractivity contribution in [2.24, 2.45) is 7.05 Å². The number of hydrogen-bond acceptors (Lipinski definition) is 5. The normalized spacial score (nSPS) is 16.4. The standard InChI is InChI=1S/C11H13ClN4O2/c1-15-8(17)6-7-9(15)10(14-11(12)13-7)16-2-4-18-5-3-16/h6,17H,2-5H2,1H3. The van der Waals surface area contributed by atoms with Gasteiger partial charge in [-0.25, -0.2) is 4.98 Å². The van der Waals surface area contributed by atoms with Crippen molar-refractivity contribution in [3.63, 3.8) is 0 Å². The molecule has 0 spiro atoms. The number of rotatable bonds is 1. The minimum Gasteiger partial charge on any atom is -0.494 e. The van der Waals surface area contributed by atoms with Crippen molar-refractivity contribution < 1.29 is 9.84 Å². The maximum absolute atomic E-state index is 9.77. The second-order valence-corrected chi connectivity index (χ2v) is 4.55. The highest BCUT2D eigenvalue weighted by Crippen LogP contribution is 2.30. The Morgan fingerprint density at radius 2 is 2.06 bits per heavy atom. The maximum atomic E-state index is 9.77. The van der Waals surface area contributed by atoms with E-state index in [1.54, 1.807) is 17.7 Å². The summed E-state index contributed by atoms with van der Waals surface area (Å²) >= 11 is 5.93. The first-order valence-corrected chi connectivity index (χ1v) is 6.09. The maximum Gasteiger partial charge on any atom is 0.225 e. The van der Waals surface area contributed by atoms with E-state index in [1.807, 2.05) is 0 Å². The highest BCUT2D eigenvalue weighted by atomic mass is 35.5.